The quantitative estimate of drug-likeness (QED) is 0.550. The van der Waals surface area contributed by atoms with E-state index in [1.54, 1.807) is 18.2 Å². The summed E-state index contributed by atoms with van der Waals surface area (Å²) in [6, 6.07) is 4.92. The number of ether oxygens (including phenoxy) is 1. The largest absolute Gasteiger partial charge is 0.411 e. The Labute approximate surface area is 96.7 Å². The lowest BCUT2D eigenvalue weighted by atomic mass is 10.2. The Kier molecular flexibility index (Phi) is 4.45. The number of anilines is 3. The van der Waals surface area contributed by atoms with Gasteiger partial charge in [0, 0.05) is 12.2 Å². The highest BCUT2D eigenvalue weighted by molar-refractivity contribution is 5.69. The highest BCUT2D eigenvalue weighted by atomic mass is 19.4. The van der Waals surface area contributed by atoms with Crippen molar-refractivity contribution in [3.05, 3.63) is 18.2 Å². The fourth-order valence-corrected chi connectivity index (χ4v) is 1.14. The van der Waals surface area contributed by atoms with E-state index in [1.165, 1.54) is 0 Å². The summed E-state index contributed by atoms with van der Waals surface area (Å²) in [4.78, 5) is 0. The van der Waals surface area contributed by atoms with Crippen LogP contribution in [0.25, 0.3) is 0 Å². The summed E-state index contributed by atoms with van der Waals surface area (Å²) < 4.78 is 39.6. The van der Waals surface area contributed by atoms with Crippen molar-refractivity contribution < 1.29 is 17.9 Å². The summed E-state index contributed by atoms with van der Waals surface area (Å²) in [5, 5.41) is 2.87. The second kappa shape index (κ2) is 5.62. The van der Waals surface area contributed by atoms with E-state index in [9.17, 15) is 13.2 Å². The molecular formula is C10H14F3N3O. The normalized spacial score (nSPS) is 11.5. The lowest BCUT2D eigenvalue weighted by Crippen LogP contribution is -2.20. The summed E-state index contributed by atoms with van der Waals surface area (Å²) in [5.74, 6) is 0. The van der Waals surface area contributed by atoms with Crippen molar-refractivity contribution in [1.82, 2.24) is 0 Å². The zero-order chi connectivity index (χ0) is 12.9. The van der Waals surface area contributed by atoms with Gasteiger partial charge in [-0.25, -0.2) is 0 Å². The lowest BCUT2D eigenvalue weighted by molar-refractivity contribution is -0.172. The molecule has 0 radical (unpaired) electrons. The molecule has 5 N–H and O–H groups in total. The first-order valence-electron chi connectivity index (χ1n) is 4.92. The summed E-state index contributed by atoms with van der Waals surface area (Å²) in [6.07, 6.45) is -4.29. The molecule has 0 fully saturated rings. The van der Waals surface area contributed by atoms with E-state index in [0.29, 0.717) is 17.1 Å². The van der Waals surface area contributed by atoms with Gasteiger partial charge in [0.25, 0.3) is 0 Å². The molecule has 0 aliphatic carbocycles. The Bertz CT molecular complexity index is 368. The van der Waals surface area contributed by atoms with Gasteiger partial charge >= 0.3 is 6.18 Å². The molecule has 0 heterocycles. The third-order valence-corrected chi connectivity index (χ3v) is 1.93. The smallest absolute Gasteiger partial charge is 0.397 e. The maximum Gasteiger partial charge on any atom is 0.411 e. The highest BCUT2D eigenvalue weighted by Gasteiger charge is 2.27. The highest BCUT2D eigenvalue weighted by Crippen LogP contribution is 2.19. The van der Waals surface area contributed by atoms with Gasteiger partial charge in [-0.3, -0.25) is 0 Å². The molecule has 0 aromatic heterocycles. The fourth-order valence-electron chi connectivity index (χ4n) is 1.14. The second-order valence-electron chi connectivity index (χ2n) is 3.44. The van der Waals surface area contributed by atoms with Crippen molar-refractivity contribution in [2.75, 3.05) is 36.5 Å². The molecule has 0 saturated heterocycles. The van der Waals surface area contributed by atoms with E-state index in [2.05, 4.69) is 10.1 Å². The molecule has 7 heteroatoms. The van der Waals surface area contributed by atoms with Crippen LogP contribution in [0.1, 0.15) is 0 Å². The first-order chi connectivity index (χ1) is 7.88. The monoisotopic (exact) mass is 249 g/mol. The maximum absolute atomic E-state index is 11.7. The Morgan fingerprint density at radius 3 is 2.47 bits per heavy atom. The number of nitrogens with one attached hydrogen (secondary N) is 1. The molecule has 0 spiro atoms. The zero-order valence-electron chi connectivity index (χ0n) is 9.05. The Hall–Kier alpha value is -1.63. The number of benzene rings is 1. The van der Waals surface area contributed by atoms with Gasteiger partial charge in [0.05, 0.1) is 18.0 Å². The average Bonchev–Trinajstić information content (AvgIpc) is 2.21. The Morgan fingerprint density at radius 2 is 1.88 bits per heavy atom. The number of hydrogen-bond donors (Lipinski definition) is 3. The molecule has 0 amide bonds. The lowest BCUT2D eigenvalue weighted by Gasteiger charge is -2.10. The van der Waals surface area contributed by atoms with Gasteiger partial charge in [-0.2, -0.15) is 13.2 Å². The molecule has 17 heavy (non-hydrogen) atoms. The van der Waals surface area contributed by atoms with Crippen LogP contribution in [0.2, 0.25) is 0 Å². The third kappa shape index (κ3) is 5.30. The van der Waals surface area contributed by atoms with Crippen molar-refractivity contribution in [2.45, 2.75) is 6.18 Å². The Balaban J connectivity index is 2.25. The standard InChI is InChI=1S/C10H14F3N3O/c11-10(12,13)6-17-4-3-16-7-1-2-8(14)9(15)5-7/h1-2,5,16H,3-4,6,14-15H2. The predicted molar refractivity (Wildman–Crippen MR) is 60.6 cm³/mol. The van der Waals surface area contributed by atoms with E-state index in [1.807, 2.05) is 0 Å². The third-order valence-electron chi connectivity index (χ3n) is 1.93. The van der Waals surface area contributed by atoms with Gasteiger partial charge in [-0.1, -0.05) is 0 Å². The molecule has 0 aliphatic heterocycles. The summed E-state index contributed by atoms with van der Waals surface area (Å²) in [6.45, 7) is -1.01. The van der Waals surface area contributed by atoms with E-state index in [0.717, 1.165) is 0 Å². The number of halogens is 3. The first-order valence-corrected chi connectivity index (χ1v) is 4.92. The maximum atomic E-state index is 11.7. The number of hydrogen-bond acceptors (Lipinski definition) is 4. The van der Waals surface area contributed by atoms with Crippen LogP contribution in [0.5, 0.6) is 0 Å². The SMILES string of the molecule is Nc1ccc(NCCOCC(F)(F)F)cc1N. The van der Waals surface area contributed by atoms with Crippen LogP contribution < -0.4 is 16.8 Å². The number of alkyl halides is 3. The minimum absolute atomic E-state index is 0.0379. The summed E-state index contributed by atoms with van der Waals surface area (Å²) in [5.41, 5.74) is 12.6. The van der Waals surface area contributed by atoms with Crippen LogP contribution in [0.15, 0.2) is 18.2 Å². The van der Waals surface area contributed by atoms with Crippen LogP contribution >= 0.6 is 0 Å². The molecule has 1 rings (SSSR count). The van der Waals surface area contributed by atoms with Crippen molar-refractivity contribution in [3.8, 4) is 0 Å². The average molecular weight is 249 g/mol. The van der Waals surface area contributed by atoms with Gasteiger partial charge in [-0.15, -0.1) is 0 Å². The summed E-state index contributed by atoms with van der Waals surface area (Å²) in [7, 11) is 0. The van der Waals surface area contributed by atoms with Gasteiger partial charge in [0.15, 0.2) is 0 Å². The minimum atomic E-state index is -4.29. The molecule has 1 aromatic rings. The van der Waals surface area contributed by atoms with Crippen molar-refractivity contribution >= 4 is 17.1 Å². The van der Waals surface area contributed by atoms with Crippen molar-refractivity contribution in [2.24, 2.45) is 0 Å². The van der Waals surface area contributed by atoms with E-state index in [-0.39, 0.29) is 13.2 Å². The van der Waals surface area contributed by atoms with E-state index >= 15 is 0 Å². The molecule has 0 atom stereocenters. The fraction of sp³-hybridized carbons (Fsp3) is 0.400. The van der Waals surface area contributed by atoms with Gasteiger partial charge in [-0.05, 0) is 18.2 Å². The molecule has 1 aromatic carbocycles. The van der Waals surface area contributed by atoms with E-state index < -0.39 is 12.8 Å². The molecule has 0 saturated carbocycles. The van der Waals surface area contributed by atoms with Crippen LogP contribution in [0.4, 0.5) is 30.2 Å². The first kappa shape index (κ1) is 13.4. The van der Waals surface area contributed by atoms with Gasteiger partial charge in [0.1, 0.15) is 6.61 Å². The van der Waals surface area contributed by atoms with Crippen molar-refractivity contribution in [3.63, 3.8) is 0 Å². The zero-order valence-corrected chi connectivity index (χ0v) is 9.05. The molecule has 96 valence electrons. The van der Waals surface area contributed by atoms with Crippen LogP contribution in [-0.2, 0) is 4.74 Å². The number of nitrogens with two attached hydrogens (primary N) is 2. The van der Waals surface area contributed by atoms with E-state index in [4.69, 9.17) is 11.5 Å². The molecule has 0 aliphatic rings. The minimum Gasteiger partial charge on any atom is -0.397 e. The predicted octanol–water partition coefficient (Wildman–Crippen LogP) is 1.84. The van der Waals surface area contributed by atoms with Crippen LogP contribution in [-0.4, -0.2) is 25.9 Å². The number of nitrogen functional groups attached to an aromatic ring is 2. The molecular weight excluding hydrogens is 235 g/mol. The Morgan fingerprint density at radius 1 is 1.18 bits per heavy atom. The summed E-state index contributed by atoms with van der Waals surface area (Å²) >= 11 is 0. The van der Waals surface area contributed by atoms with Crippen LogP contribution in [0.3, 0.4) is 0 Å². The van der Waals surface area contributed by atoms with Gasteiger partial charge in [0.2, 0.25) is 0 Å². The van der Waals surface area contributed by atoms with Crippen LogP contribution in [0, 0.1) is 0 Å². The van der Waals surface area contributed by atoms with Gasteiger partial charge < -0.3 is 21.5 Å². The topological polar surface area (TPSA) is 73.3 Å². The number of rotatable bonds is 5. The second-order valence-corrected chi connectivity index (χ2v) is 3.44. The molecule has 0 unspecified atom stereocenters. The van der Waals surface area contributed by atoms with Crippen molar-refractivity contribution in [1.29, 1.82) is 0 Å². The molecule has 0 bridgehead atoms. The molecule has 4 nitrogen and oxygen atoms in total.